The molecule has 1 aromatic carbocycles. The van der Waals surface area contributed by atoms with E-state index in [9.17, 15) is 14.4 Å². The SMILES string of the molecule is CCOC(=O)C1=C(COC(=O)c2ccc(OCC)c(OC)c2)NC(=O)N[C@@H]1C. The fourth-order valence-corrected chi connectivity index (χ4v) is 2.68. The minimum absolute atomic E-state index is 0.181. The number of carbonyl (C=O) groups is 3. The molecule has 28 heavy (non-hydrogen) atoms. The number of methoxy groups -OCH3 is 1. The Hall–Kier alpha value is -3.23. The van der Waals surface area contributed by atoms with Crippen molar-refractivity contribution in [3.63, 3.8) is 0 Å². The minimum Gasteiger partial charge on any atom is -0.493 e. The summed E-state index contributed by atoms with van der Waals surface area (Å²) < 4.78 is 20.9. The second-order valence-electron chi connectivity index (χ2n) is 5.81. The Balaban J connectivity index is 2.18. The zero-order valence-electron chi connectivity index (χ0n) is 16.3. The van der Waals surface area contributed by atoms with Gasteiger partial charge < -0.3 is 29.6 Å². The summed E-state index contributed by atoms with van der Waals surface area (Å²) in [6, 6.07) is 3.58. The number of nitrogens with one attached hydrogen (secondary N) is 2. The molecule has 9 heteroatoms. The van der Waals surface area contributed by atoms with E-state index in [-0.39, 0.29) is 30.0 Å². The Morgan fingerprint density at radius 2 is 1.82 bits per heavy atom. The monoisotopic (exact) mass is 392 g/mol. The van der Waals surface area contributed by atoms with Crippen LogP contribution in [-0.4, -0.2) is 50.9 Å². The Labute approximate surface area is 163 Å². The lowest BCUT2D eigenvalue weighted by Gasteiger charge is -2.26. The van der Waals surface area contributed by atoms with Crippen molar-refractivity contribution in [1.29, 1.82) is 0 Å². The van der Waals surface area contributed by atoms with Crippen LogP contribution in [-0.2, 0) is 14.3 Å². The fraction of sp³-hybridized carbons (Fsp3) is 0.421. The Morgan fingerprint density at radius 3 is 2.46 bits per heavy atom. The van der Waals surface area contributed by atoms with Crippen LogP contribution in [0.15, 0.2) is 29.5 Å². The maximum absolute atomic E-state index is 12.4. The summed E-state index contributed by atoms with van der Waals surface area (Å²) in [5.41, 5.74) is 0.631. The molecule has 0 aliphatic carbocycles. The molecule has 0 fully saturated rings. The van der Waals surface area contributed by atoms with Crippen LogP contribution in [0.1, 0.15) is 31.1 Å². The number of hydrogen-bond acceptors (Lipinski definition) is 7. The van der Waals surface area contributed by atoms with Gasteiger partial charge in [-0.2, -0.15) is 0 Å². The molecule has 1 heterocycles. The summed E-state index contributed by atoms with van der Waals surface area (Å²) in [5, 5.41) is 5.07. The van der Waals surface area contributed by atoms with Crippen molar-refractivity contribution in [3.05, 3.63) is 35.0 Å². The number of urea groups is 1. The van der Waals surface area contributed by atoms with Crippen LogP contribution in [0.4, 0.5) is 4.79 Å². The van der Waals surface area contributed by atoms with Gasteiger partial charge in [0.2, 0.25) is 0 Å². The van der Waals surface area contributed by atoms with Gasteiger partial charge in [0.1, 0.15) is 6.61 Å². The number of benzene rings is 1. The van der Waals surface area contributed by atoms with E-state index in [0.29, 0.717) is 18.1 Å². The number of hydrogen-bond donors (Lipinski definition) is 2. The average molecular weight is 392 g/mol. The van der Waals surface area contributed by atoms with E-state index in [0.717, 1.165) is 0 Å². The van der Waals surface area contributed by atoms with Gasteiger partial charge in [0.15, 0.2) is 11.5 Å². The zero-order valence-corrected chi connectivity index (χ0v) is 16.3. The van der Waals surface area contributed by atoms with Gasteiger partial charge in [-0.15, -0.1) is 0 Å². The highest BCUT2D eigenvalue weighted by atomic mass is 16.5. The molecule has 1 atom stereocenters. The normalized spacial score (nSPS) is 16.0. The van der Waals surface area contributed by atoms with E-state index in [1.54, 1.807) is 26.0 Å². The van der Waals surface area contributed by atoms with Gasteiger partial charge in [0, 0.05) is 0 Å². The molecule has 2 rings (SSSR count). The van der Waals surface area contributed by atoms with Crippen LogP contribution in [0, 0.1) is 0 Å². The lowest BCUT2D eigenvalue weighted by atomic mass is 10.0. The standard InChI is InChI=1S/C19H24N2O7/c1-5-26-14-8-7-12(9-15(14)25-4)17(22)28-10-13-16(18(23)27-6-2)11(3)20-19(24)21-13/h7-9,11H,5-6,10H2,1-4H3,(H2,20,21,24)/t11-/m1/s1. The van der Waals surface area contributed by atoms with Crippen LogP contribution in [0.2, 0.25) is 0 Å². The van der Waals surface area contributed by atoms with Crippen molar-refractivity contribution in [2.45, 2.75) is 26.8 Å². The van der Waals surface area contributed by atoms with E-state index >= 15 is 0 Å². The first kappa shape index (κ1) is 21.1. The maximum atomic E-state index is 12.4. The van der Waals surface area contributed by atoms with Gasteiger partial charge in [-0.1, -0.05) is 0 Å². The smallest absolute Gasteiger partial charge is 0.338 e. The lowest BCUT2D eigenvalue weighted by molar-refractivity contribution is -0.139. The van der Waals surface area contributed by atoms with Gasteiger partial charge in [-0.05, 0) is 39.0 Å². The third kappa shape index (κ3) is 4.93. The molecule has 1 aliphatic rings. The molecular formula is C19H24N2O7. The van der Waals surface area contributed by atoms with E-state index in [1.807, 2.05) is 6.92 Å². The average Bonchev–Trinajstić information content (AvgIpc) is 2.66. The molecule has 2 N–H and O–H groups in total. The largest absolute Gasteiger partial charge is 0.493 e. The summed E-state index contributed by atoms with van der Waals surface area (Å²) in [7, 11) is 1.47. The van der Waals surface area contributed by atoms with Gasteiger partial charge in [-0.3, -0.25) is 0 Å². The predicted molar refractivity (Wildman–Crippen MR) is 99.2 cm³/mol. The van der Waals surface area contributed by atoms with Gasteiger partial charge in [-0.25, -0.2) is 14.4 Å². The van der Waals surface area contributed by atoms with Crippen LogP contribution in [0.5, 0.6) is 11.5 Å². The molecule has 1 aromatic rings. The lowest BCUT2D eigenvalue weighted by Crippen LogP contribution is -2.50. The number of amides is 2. The summed E-state index contributed by atoms with van der Waals surface area (Å²) >= 11 is 0. The second-order valence-corrected chi connectivity index (χ2v) is 5.81. The van der Waals surface area contributed by atoms with Gasteiger partial charge in [0.25, 0.3) is 0 Å². The third-order valence-corrected chi connectivity index (χ3v) is 3.91. The van der Waals surface area contributed by atoms with E-state index in [1.165, 1.54) is 13.2 Å². The Bertz CT molecular complexity index is 788. The number of esters is 2. The molecule has 2 amide bonds. The molecule has 0 bridgehead atoms. The molecule has 0 saturated carbocycles. The van der Waals surface area contributed by atoms with Crippen molar-refractivity contribution in [2.75, 3.05) is 26.9 Å². The quantitative estimate of drug-likeness (QED) is 0.649. The molecule has 152 valence electrons. The zero-order chi connectivity index (χ0) is 20.7. The molecular weight excluding hydrogens is 368 g/mol. The third-order valence-electron chi connectivity index (χ3n) is 3.91. The van der Waals surface area contributed by atoms with Crippen molar-refractivity contribution >= 4 is 18.0 Å². The summed E-state index contributed by atoms with van der Waals surface area (Å²) in [4.78, 5) is 36.3. The Kier molecular flexibility index (Phi) is 7.25. The van der Waals surface area contributed by atoms with E-state index < -0.39 is 24.0 Å². The Morgan fingerprint density at radius 1 is 1.07 bits per heavy atom. The predicted octanol–water partition coefficient (Wildman–Crippen LogP) is 1.77. The summed E-state index contributed by atoms with van der Waals surface area (Å²) in [5.74, 6) is -0.325. The number of ether oxygens (including phenoxy) is 4. The van der Waals surface area contributed by atoms with Gasteiger partial charge in [0.05, 0.1) is 43.2 Å². The molecule has 1 aliphatic heterocycles. The van der Waals surface area contributed by atoms with Crippen LogP contribution in [0.3, 0.4) is 0 Å². The first-order valence-corrected chi connectivity index (χ1v) is 8.86. The minimum atomic E-state index is -0.641. The van der Waals surface area contributed by atoms with Crippen LogP contribution in [0.25, 0.3) is 0 Å². The van der Waals surface area contributed by atoms with Crippen molar-refractivity contribution < 1.29 is 33.3 Å². The highest BCUT2D eigenvalue weighted by molar-refractivity contribution is 5.95. The van der Waals surface area contributed by atoms with Crippen molar-refractivity contribution in [2.24, 2.45) is 0 Å². The number of rotatable bonds is 8. The number of carbonyl (C=O) groups excluding carboxylic acids is 3. The second kappa shape index (κ2) is 9.63. The topological polar surface area (TPSA) is 112 Å². The molecule has 0 aromatic heterocycles. The molecule has 0 radical (unpaired) electrons. The van der Waals surface area contributed by atoms with E-state index in [4.69, 9.17) is 18.9 Å². The van der Waals surface area contributed by atoms with Gasteiger partial charge >= 0.3 is 18.0 Å². The first-order valence-electron chi connectivity index (χ1n) is 8.86. The fourth-order valence-electron chi connectivity index (χ4n) is 2.68. The van der Waals surface area contributed by atoms with Crippen LogP contribution >= 0.6 is 0 Å². The highest BCUT2D eigenvalue weighted by Crippen LogP contribution is 2.28. The van der Waals surface area contributed by atoms with E-state index in [2.05, 4.69) is 10.6 Å². The molecule has 0 saturated heterocycles. The molecule has 0 unspecified atom stereocenters. The highest BCUT2D eigenvalue weighted by Gasteiger charge is 2.30. The molecule has 0 spiro atoms. The summed E-state index contributed by atoms with van der Waals surface area (Å²) in [6.07, 6.45) is 0. The van der Waals surface area contributed by atoms with Crippen molar-refractivity contribution in [3.8, 4) is 11.5 Å². The molecule has 9 nitrogen and oxygen atoms in total. The van der Waals surface area contributed by atoms with Crippen LogP contribution < -0.4 is 20.1 Å². The maximum Gasteiger partial charge on any atom is 0.338 e. The van der Waals surface area contributed by atoms with Crippen molar-refractivity contribution in [1.82, 2.24) is 10.6 Å². The first-order chi connectivity index (χ1) is 13.4. The summed E-state index contributed by atoms with van der Waals surface area (Å²) in [6.45, 7) is 5.51.